The SMILES string of the molecule is C[C@H]1[C@H]2C[C@@H](O)C[C@@H]12. The van der Waals surface area contributed by atoms with Crippen LogP contribution in [0.1, 0.15) is 19.8 Å². The standard InChI is InChI=1S/C7H12O/c1-4-6-2-5(8)3-7(4)6/h4-8H,2-3H2,1H3/t4-,5+,6+,7-. The Morgan fingerprint density at radius 3 is 2.12 bits per heavy atom. The Balaban J connectivity index is 2.00. The fourth-order valence-corrected chi connectivity index (χ4v) is 2.14. The van der Waals surface area contributed by atoms with Crippen LogP contribution in [0.5, 0.6) is 0 Å². The second kappa shape index (κ2) is 1.27. The van der Waals surface area contributed by atoms with Crippen molar-refractivity contribution >= 4 is 0 Å². The van der Waals surface area contributed by atoms with Crippen LogP contribution in [0, 0.1) is 17.8 Å². The van der Waals surface area contributed by atoms with Gasteiger partial charge in [-0.15, -0.1) is 0 Å². The molecule has 0 heterocycles. The van der Waals surface area contributed by atoms with E-state index in [0.29, 0.717) is 0 Å². The van der Waals surface area contributed by atoms with Gasteiger partial charge < -0.3 is 5.11 Å². The molecule has 1 nitrogen and oxygen atoms in total. The molecular weight excluding hydrogens is 100 g/mol. The Bertz CT molecular complexity index is 99.0. The minimum atomic E-state index is 0.0567. The van der Waals surface area contributed by atoms with E-state index >= 15 is 0 Å². The van der Waals surface area contributed by atoms with E-state index in [1.54, 1.807) is 0 Å². The van der Waals surface area contributed by atoms with Gasteiger partial charge in [-0.25, -0.2) is 0 Å². The maximum Gasteiger partial charge on any atom is 0.0546 e. The minimum Gasteiger partial charge on any atom is -0.393 e. The molecule has 1 heteroatoms. The third kappa shape index (κ3) is 0.455. The molecule has 0 aromatic rings. The van der Waals surface area contributed by atoms with Crippen LogP contribution >= 0.6 is 0 Å². The van der Waals surface area contributed by atoms with Gasteiger partial charge in [0.2, 0.25) is 0 Å². The third-order valence-electron chi connectivity index (χ3n) is 2.85. The number of hydrogen-bond donors (Lipinski definition) is 1. The average Bonchev–Trinajstić information content (AvgIpc) is 2.29. The van der Waals surface area contributed by atoms with Crippen LogP contribution in [-0.2, 0) is 0 Å². The van der Waals surface area contributed by atoms with E-state index in [2.05, 4.69) is 6.92 Å². The number of hydrogen-bond acceptors (Lipinski definition) is 1. The van der Waals surface area contributed by atoms with Crippen molar-refractivity contribution < 1.29 is 5.11 Å². The zero-order valence-corrected chi connectivity index (χ0v) is 5.17. The molecule has 2 aliphatic carbocycles. The number of fused-ring (bicyclic) bond motifs is 1. The highest BCUT2D eigenvalue weighted by molar-refractivity contribution is 5.01. The maximum absolute atomic E-state index is 9.05. The molecule has 0 amide bonds. The van der Waals surface area contributed by atoms with E-state index in [1.165, 1.54) is 0 Å². The lowest BCUT2D eigenvalue weighted by Crippen LogP contribution is -2.03. The van der Waals surface area contributed by atoms with Gasteiger partial charge in [-0.2, -0.15) is 0 Å². The smallest absolute Gasteiger partial charge is 0.0546 e. The van der Waals surface area contributed by atoms with Gasteiger partial charge in [0.15, 0.2) is 0 Å². The van der Waals surface area contributed by atoms with Gasteiger partial charge in [0, 0.05) is 0 Å². The molecule has 2 saturated carbocycles. The molecule has 1 N–H and O–H groups in total. The van der Waals surface area contributed by atoms with Gasteiger partial charge in [-0.3, -0.25) is 0 Å². The summed E-state index contributed by atoms with van der Waals surface area (Å²) in [5.74, 6) is 2.76. The normalized spacial score (nSPS) is 60.8. The van der Waals surface area contributed by atoms with Gasteiger partial charge in [0.25, 0.3) is 0 Å². The predicted octanol–water partition coefficient (Wildman–Crippen LogP) is 1.02. The van der Waals surface area contributed by atoms with Crippen LogP contribution in [0.3, 0.4) is 0 Å². The van der Waals surface area contributed by atoms with Gasteiger partial charge in [0.1, 0.15) is 0 Å². The van der Waals surface area contributed by atoms with Crippen LogP contribution in [0.4, 0.5) is 0 Å². The summed E-state index contributed by atoms with van der Waals surface area (Å²) in [7, 11) is 0. The molecule has 4 atom stereocenters. The summed E-state index contributed by atoms with van der Waals surface area (Å²) < 4.78 is 0. The summed E-state index contributed by atoms with van der Waals surface area (Å²) in [5.41, 5.74) is 0. The molecule has 2 rings (SSSR count). The van der Waals surface area contributed by atoms with Crippen LogP contribution in [0.2, 0.25) is 0 Å². The zero-order valence-electron chi connectivity index (χ0n) is 5.17. The Kier molecular flexibility index (Phi) is 0.762. The average molecular weight is 112 g/mol. The van der Waals surface area contributed by atoms with Crippen molar-refractivity contribution in [1.82, 2.24) is 0 Å². The first-order valence-corrected chi connectivity index (χ1v) is 3.47. The van der Waals surface area contributed by atoms with Gasteiger partial charge in [0.05, 0.1) is 6.10 Å². The van der Waals surface area contributed by atoms with Crippen molar-refractivity contribution in [1.29, 1.82) is 0 Å². The molecule has 0 aliphatic heterocycles. The number of aliphatic hydroxyl groups excluding tert-OH is 1. The fourth-order valence-electron chi connectivity index (χ4n) is 2.14. The van der Waals surface area contributed by atoms with E-state index in [0.717, 1.165) is 30.6 Å². The molecular formula is C7H12O. The minimum absolute atomic E-state index is 0.0567. The molecule has 0 spiro atoms. The lowest BCUT2D eigenvalue weighted by atomic mass is 10.1. The highest BCUT2D eigenvalue weighted by Gasteiger charge is 2.52. The molecule has 0 bridgehead atoms. The summed E-state index contributed by atoms with van der Waals surface area (Å²) in [5, 5.41) is 9.05. The quantitative estimate of drug-likeness (QED) is 0.496. The summed E-state index contributed by atoms with van der Waals surface area (Å²) in [6.45, 7) is 2.29. The van der Waals surface area contributed by atoms with Crippen molar-refractivity contribution in [2.75, 3.05) is 0 Å². The van der Waals surface area contributed by atoms with E-state index in [4.69, 9.17) is 5.11 Å². The Hall–Kier alpha value is -0.0400. The van der Waals surface area contributed by atoms with Crippen LogP contribution in [-0.4, -0.2) is 11.2 Å². The first-order chi connectivity index (χ1) is 3.79. The second-order valence-electron chi connectivity index (χ2n) is 3.31. The summed E-state index contributed by atoms with van der Waals surface area (Å²) >= 11 is 0. The molecule has 8 heavy (non-hydrogen) atoms. The predicted molar refractivity (Wildman–Crippen MR) is 31.4 cm³/mol. The maximum atomic E-state index is 9.05. The molecule has 46 valence electrons. The zero-order chi connectivity index (χ0) is 5.72. The van der Waals surface area contributed by atoms with Gasteiger partial charge in [-0.05, 0) is 30.6 Å². The highest BCUT2D eigenvalue weighted by atomic mass is 16.3. The fraction of sp³-hybridized carbons (Fsp3) is 1.00. The Morgan fingerprint density at radius 1 is 1.25 bits per heavy atom. The number of aliphatic hydroxyl groups is 1. The monoisotopic (exact) mass is 112 g/mol. The topological polar surface area (TPSA) is 20.2 Å². The molecule has 0 unspecified atom stereocenters. The lowest BCUT2D eigenvalue weighted by molar-refractivity contribution is 0.162. The first-order valence-electron chi connectivity index (χ1n) is 3.47. The highest BCUT2D eigenvalue weighted by Crippen LogP contribution is 2.56. The van der Waals surface area contributed by atoms with Crippen molar-refractivity contribution in [2.24, 2.45) is 17.8 Å². The van der Waals surface area contributed by atoms with Crippen LogP contribution in [0.25, 0.3) is 0 Å². The van der Waals surface area contributed by atoms with E-state index < -0.39 is 0 Å². The van der Waals surface area contributed by atoms with Crippen LogP contribution < -0.4 is 0 Å². The third-order valence-corrected chi connectivity index (χ3v) is 2.85. The van der Waals surface area contributed by atoms with E-state index in [-0.39, 0.29) is 6.10 Å². The van der Waals surface area contributed by atoms with Gasteiger partial charge in [-0.1, -0.05) is 6.92 Å². The van der Waals surface area contributed by atoms with Crippen molar-refractivity contribution in [3.8, 4) is 0 Å². The molecule has 0 aromatic heterocycles. The van der Waals surface area contributed by atoms with E-state index in [9.17, 15) is 0 Å². The summed E-state index contributed by atoms with van der Waals surface area (Å²) in [6.07, 6.45) is 2.23. The van der Waals surface area contributed by atoms with Crippen molar-refractivity contribution in [3.05, 3.63) is 0 Å². The van der Waals surface area contributed by atoms with Gasteiger partial charge >= 0.3 is 0 Å². The largest absolute Gasteiger partial charge is 0.393 e. The summed E-state index contributed by atoms with van der Waals surface area (Å²) in [6, 6.07) is 0. The Morgan fingerprint density at radius 2 is 1.75 bits per heavy atom. The van der Waals surface area contributed by atoms with E-state index in [1.807, 2.05) is 0 Å². The summed E-state index contributed by atoms with van der Waals surface area (Å²) in [4.78, 5) is 0. The second-order valence-corrected chi connectivity index (χ2v) is 3.31. The molecule has 0 aromatic carbocycles. The number of rotatable bonds is 0. The Labute approximate surface area is 49.7 Å². The van der Waals surface area contributed by atoms with Crippen molar-refractivity contribution in [3.63, 3.8) is 0 Å². The van der Waals surface area contributed by atoms with Crippen LogP contribution in [0.15, 0.2) is 0 Å². The first kappa shape index (κ1) is 4.80. The van der Waals surface area contributed by atoms with Crippen molar-refractivity contribution in [2.45, 2.75) is 25.9 Å². The molecule has 0 radical (unpaired) electrons. The lowest BCUT2D eigenvalue weighted by Gasteiger charge is -2.02. The molecule has 2 fully saturated rings. The molecule has 0 saturated heterocycles. The molecule has 2 aliphatic rings.